The Morgan fingerprint density at radius 3 is 1.56 bits per heavy atom. The predicted octanol–water partition coefficient (Wildman–Crippen LogP) is 9.97. The van der Waals surface area contributed by atoms with Crippen LogP contribution < -0.4 is 10.2 Å². The molecule has 0 radical (unpaired) electrons. The van der Waals surface area contributed by atoms with Gasteiger partial charge < -0.3 is 34.0 Å². The maximum Gasteiger partial charge on any atom is 0.268 e. The minimum Gasteiger partial charge on any atom is -0.756 e. The Balaban J connectivity index is 4.68. The van der Waals surface area contributed by atoms with E-state index >= 15 is 0 Å². The molecule has 0 saturated carbocycles. The highest BCUT2D eigenvalue weighted by Crippen LogP contribution is 2.38. The molecule has 1 amide bonds. The summed E-state index contributed by atoms with van der Waals surface area (Å²) in [5.74, 6) is -0.364. The normalized spacial score (nSPS) is 15.7. The van der Waals surface area contributed by atoms with Crippen LogP contribution in [0.2, 0.25) is 0 Å². The smallest absolute Gasteiger partial charge is 0.268 e. The van der Waals surface area contributed by atoms with Crippen molar-refractivity contribution in [1.29, 1.82) is 0 Å². The molecule has 0 aliphatic rings. The molecular formula is C45H81N2O7P. The molecule has 0 heterocycles. The average Bonchev–Trinajstić information content (AvgIpc) is 3.13. The minimum absolute atomic E-state index is 0.0581. The van der Waals surface area contributed by atoms with Gasteiger partial charge in [0.1, 0.15) is 19.3 Å². The fourth-order valence-electron chi connectivity index (χ4n) is 5.63. The Labute approximate surface area is 336 Å². The number of allylic oxidation sites excluding steroid dienone is 12. The molecule has 0 aromatic rings. The van der Waals surface area contributed by atoms with Crippen molar-refractivity contribution in [3.8, 4) is 0 Å². The van der Waals surface area contributed by atoms with E-state index in [1.54, 1.807) is 0 Å². The van der Waals surface area contributed by atoms with Crippen molar-refractivity contribution in [2.45, 2.75) is 167 Å². The lowest BCUT2D eigenvalue weighted by Crippen LogP contribution is -2.51. The van der Waals surface area contributed by atoms with E-state index in [0.29, 0.717) is 23.9 Å². The third kappa shape index (κ3) is 37.3. The molecule has 9 nitrogen and oxygen atoms in total. The SMILES string of the molecule is CC/C=C\C/C=C\C/C=C\C/C=C\C/C=C\C/C=C\CCC(=O)NC(COP(=O)([O-])OCC[N+](C)(C)C)C(O)C(O)CCCCCCCCCCCCCC. The monoisotopic (exact) mass is 793 g/mol. The van der Waals surface area contributed by atoms with Gasteiger partial charge in [0.2, 0.25) is 5.91 Å². The molecule has 4 unspecified atom stereocenters. The van der Waals surface area contributed by atoms with Gasteiger partial charge in [-0.05, 0) is 51.4 Å². The second kappa shape index (κ2) is 36.3. The van der Waals surface area contributed by atoms with Gasteiger partial charge in [-0.1, -0.05) is 164 Å². The summed E-state index contributed by atoms with van der Waals surface area (Å²) in [6.07, 6.45) is 43.8. The van der Waals surface area contributed by atoms with Gasteiger partial charge in [0.05, 0.1) is 39.9 Å². The van der Waals surface area contributed by atoms with E-state index in [4.69, 9.17) is 9.05 Å². The second-order valence-corrected chi connectivity index (χ2v) is 16.9. The summed E-state index contributed by atoms with van der Waals surface area (Å²) in [6.45, 7) is 4.23. The Hall–Kier alpha value is -2.10. The standard InChI is InChI=1S/C45H81N2O7P/c1-6-8-10-12-14-16-18-20-21-22-23-24-25-26-28-30-32-34-36-38-44(49)46-42(41-54-55(51,52)53-40-39-47(3,4)5)45(50)43(48)37-35-33-31-29-27-19-17-15-13-11-9-7-2/h8,10,14,16,20-21,23-24,26,28,32,34,42-43,45,48,50H,6-7,9,11-13,15,17-19,22,25,27,29-31,33,35-41H2,1-5H3,(H-,46,49,51,52)/b10-8-,16-14-,21-20-,24-23-,28-26-,34-32-. The highest BCUT2D eigenvalue weighted by Gasteiger charge is 2.29. The van der Waals surface area contributed by atoms with Crippen LogP contribution in [0.15, 0.2) is 72.9 Å². The summed E-state index contributed by atoms with van der Waals surface area (Å²) in [7, 11) is 1.06. The number of carbonyl (C=O) groups is 1. The summed E-state index contributed by atoms with van der Waals surface area (Å²) in [4.78, 5) is 25.3. The number of nitrogens with zero attached hydrogens (tertiary/aromatic N) is 1. The van der Waals surface area contributed by atoms with Gasteiger partial charge in [-0.2, -0.15) is 0 Å². The van der Waals surface area contributed by atoms with E-state index in [9.17, 15) is 24.5 Å². The molecule has 0 fully saturated rings. The lowest BCUT2D eigenvalue weighted by molar-refractivity contribution is -0.870. The first-order valence-electron chi connectivity index (χ1n) is 21.4. The van der Waals surface area contributed by atoms with Crippen LogP contribution in [0.1, 0.15) is 149 Å². The van der Waals surface area contributed by atoms with Gasteiger partial charge in [-0.25, -0.2) is 0 Å². The lowest BCUT2D eigenvalue weighted by Gasteiger charge is -2.31. The van der Waals surface area contributed by atoms with E-state index in [2.05, 4.69) is 79.9 Å². The first kappa shape index (κ1) is 52.9. The number of likely N-dealkylation sites (N-methyl/N-ethyl adjacent to an activating group) is 1. The Morgan fingerprint density at radius 1 is 0.673 bits per heavy atom. The molecule has 0 rings (SSSR count). The van der Waals surface area contributed by atoms with Gasteiger partial charge >= 0.3 is 0 Å². The van der Waals surface area contributed by atoms with Crippen molar-refractivity contribution in [3.63, 3.8) is 0 Å². The molecule has 0 aromatic carbocycles. The first-order chi connectivity index (χ1) is 26.4. The number of phosphoric ester groups is 1. The fourth-order valence-corrected chi connectivity index (χ4v) is 6.35. The van der Waals surface area contributed by atoms with E-state index in [1.165, 1.54) is 51.4 Å². The van der Waals surface area contributed by atoms with Crippen LogP contribution in [0.5, 0.6) is 0 Å². The number of aliphatic hydroxyl groups is 2. The molecule has 0 spiro atoms. The van der Waals surface area contributed by atoms with Crippen molar-refractivity contribution in [2.24, 2.45) is 0 Å². The number of hydrogen-bond acceptors (Lipinski definition) is 7. The van der Waals surface area contributed by atoms with Gasteiger partial charge in [0, 0.05) is 6.42 Å². The third-order valence-corrected chi connectivity index (χ3v) is 10.0. The Morgan fingerprint density at radius 2 is 1.11 bits per heavy atom. The van der Waals surface area contributed by atoms with Crippen molar-refractivity contribution in [3.05, 3.63) is 72.9 Å². The summed E-state index contributed by atoms with van der Waals surface area (Å²) in [5.41, 5.74) is 0. The largest absolute Gasteiger partial charge is 0.756 e. The van der Waals surface area contributed by atoms with Gasteiger partial charge in [0.15, 0.2) is 0 Å². The molecule has 0 aromatic heterocycles. The maximum atomic E-state index is 12.8. The summed E-state index contributed by atoms with van der Waals surface area (Å²) < 4.78 is 23.1. The number of carbonyl (C=O) groups excluding carboxylic acids is 1. The number of hydrogen-bond donors (Lipinski definition) is 3. The number of unbranched alkanes of at least 4 members (excludes halogenated alkanes) is 11. The number of rotatable bonds is 37. The summed E-state index contributed by atoms with van der Waals surface area (Å²) in [6, 6.07) is -1.12. The lowest BCUT2D eigenvalue weighted by atomic mass is 9.99. The van der Waals surface area contributed by atoms with E-state index in [0.717, 1.165) is 64.2 Å². The Bertz CT molecular complexity index is 1140. The van der Waals surface area contributed by atoms with Crippen molar-refractivity contribution in [2.75, 3.05) is 40.9 Å². The molecule has 318 valence electrons. The molecule has 0 bridgehead atoms. The zero-order valence-corrected chi connectivity index (χ0v) is 36.4. The van der Waals surface area contributed by atoms with Gasteiger partial charge in [0.25, 0.3) is 7.82 Å². The molecule has 0 aliphatic heterocycles. The van der Waals surface area contributed by atoms with E-state index < -0.39 is 32.7 Å². The summed E-state index contributed by atoms with van der Waals surface area (Å²) in [5, 5.41) is 24.5. The highest BCUT2D eigenvalue weighted by atomic mass is 31.2. The predicted molar refractivity (Wildman–Crippen MR) is 229 cm³/mol. The van der Waals surface area contributed by atoms with Crippen molar-refractivity contribution in [1.82, 2.24) is 5.32 Å². The van der Waals surface area contributed by atoms with Crippen molar-refractivity contribution >= 4 is 13.7 Å². The Kier molecular flexibility index (Phi) is 34.9. The number of phosphoric acid groups is 1. The maximum absolute atomic E-state index is 12.8. The molecular weight excluding hydrogens is 711 g/mol. The average molecular weight is 793 g/mol. The van der Waals surface area contributed by atoms with Crippen LogP contribution >= 0.6 is 7.82 Å². The van der Waals surface area contributed by atoms with Crippen LogP contribution in [0.3, 0.4) is 0 Å². The number of quaternary nitrogens is 1. The zero-order valence-electron chi connectivity index (χ0n) is 35.5. The molecule has 0 aliphatic carbocycles. The molecule has 4 atom stereocenters. The summed E-state index contributed by atoms with van der Waals surface area (Å²) >= 11 is 0. The molecule has 3 N–H and O–H groups in total. The molecule has 10 heteroatoms. The number of nitrogens with one attached hydrogen (secondary N) is 1. The first-order valence-corrected chi connectivity index (χ1v) is 22.8. The quantitative estimate of drug-likeness (QED) is 0.0247. The second-order valence-electron chi connectivity index (χ2n) is 15.5. The molecule has 55 heavy (non-hydrogen) atoms. The third-order valence-electron chi connectivity index (χ3n) is 9.06. The van der Waals surface area contributed by atoms with E-state index in [-0.39, 0.29) is 18.9 Å². The van der Waals surface area contributed by atoms with Gasteiger partial charge in [-0.3, -0.25) is 9.36 Å². The van der Waals surface area contributed by atoms with Crippen LogP contribution in [0.25, 0.3) is 0 Å². The van der Waals surface area contributed by atoms with Crippen LogP contribution in [-0.4, -0.2) is 79.8 Å². The molecule has 0 saturated heterocycles. The van der Waals surface area contributed by atoms with E-state index in [1.807, 2.05) is 33.3 Å². The topological polar surface area (TPSA) is 128 Å². The van der Waals surface area contributed by atoms with Crippen LogP contribution in [-0.2, 0) is 18.4 Å². The fraction of sp³-hybridized carbons (Fsp3) is 0.711. The van der Waals surface area contributed by atoms with Gasteiger partial charge in [-0.15, -0.1) is 0 Å². The highest BCUT2D eigenvalue weighted by molar-refractivity contribution is 7.45. The van der Waals surface area contributed by atoms with Crippen LogP contribution in [0.4, 0.5) is 0 Å². The zero-order chi connectivity index (χ0) is 40.9. The van der Waals surface area contributed by atoms with Crippen molar-refractivity contribution < 1.29 is 38.0 Å². The number of aliphatic hydroxyl groups excluding tert-OH is 2. The number of amides is 1. The minimum atomic E-state index is -4.69. The van der Waals surface area contributed by atoms with Crippen LogP contribution in [0, 0.1) is 0 Å².